The van der Waals surface area contributed by atoms with Crippen molar-refractivity contribution in [1.82, 2.24) is 4.57 Å². The third-order valence-electron chi connectivity index (χ3n) is 3.60. The molecule has 138 valence electrons. The first-order valence-corrected chi connectivity index (χ1v) is 8.32. The van der Waals surface area contributed by atoms with Crippen molar-refractivity contribution < 1.29 is 24.0 Å². The number of nitrogens with zero attached hydrogens (tertiary/aromatic N) is 2. The van der Waals surface area contributed by atoms with Crippen LogP contribution in [-0.4, -0.2) is 41.6 Å². The van der Waals surface area contributed by atoms with E-state index in [1.807, 2.05) is 7.85 Å². The third kappa shape index (κ3) is 3.87. The van der Waals surface area contributed by atoms with Crippen LogP contribution in [0, 0.1) is 10.1 Å². The Balaban J connectivity index is 2.82. The van der Waals surface area contributed by atoms with Crippen molar-refractivity contribution in [3.05, 3.63) is 39.6 Å². The summed E-state index contributed by atoms with van der Waals surface area (Å²) >= 11 is 0. The van der Waals surface area contributed by atoms with E-state index in [1.54, 1.807) is 33.8 Å². The van der Waals surface area contributed by atoms with Gasteiger partial charge in [-0.05, 0) is 45.4 Å². The van der Waals surface area contributed by atoms with Gasteiger partial charge in [-0.3, -0.25) is 10.1 Å². The van der Waals surface area contributed by atoms with Gasteiger partial charge in [-0.25, -0.2) is 14.2 Å². The summed E-state index contributed by atoms with van der Waals surface area (Å²) in [6.07, 6.45) is -0.300. The second-order valence-electron chi connectivity index (χ2n) is 6.73. The fourth-order valence-electron chi connectivity index (χ4n) is 2.58. The number of hydrogen-bond acceptors (Lipinski definition) is 6. The minimum atomic E-state index is -0.872. The Kier molecular flexibility index (Phi) is 5.39. The van der Waals surface area contributed by atoms with Crippen LogP contribution in [0.5, 0.6) is 0 Å². The van der Waals surface area contributed by atoms with Gasteiger partial charge < -0.3 is 9.47 Å². The first-order valence-electron chi connectivity index (χ1n) is 8.32. The molecule has 0 atom stereocenters. The highest BCUT2D eigenvalue weighted by Gasteiger charge is 2.30. The van der Waals surface area contributed by atoms with Crippen molar-refractivity contribution in [3.8, 4) is 0 Å². The van der Waals surface area contributed by atoms with Gasteiger partial charge in [0.25, 0.3) is 5.69 Å². The summed E-state index contributed by atoms with van der Waals surface area (Å²) in [5, 5.41) is 12.0. The molecule has 0 unspecified atom stereocenters. The Bertz CT molecular complexity index is 881. The van der Waals surface area contributed by atoms with Crippen molar-refractivity contribution >= 4 is 36.5 Å². The number of nitro groups is 1. The van der Waals surface area contributed by atoms with E-state index >= 15 is 0 Å². The second-order valence-corrected chi connectivity index (χ2v) is 6.73. The van der Waals surface area contributed by atoms with Gasteiger partial charge in [0.1, 0.15) is 24.7 Å². The third-order valence-corrected chi connectivity index (χ3v) is 3.60. The van der Waals surface area contributed by atoms with E-state index in [-0.39, 0.29) is 23.5 Å². The van der Waals surface area contributed by atoms with E-state index in [4.69, 9.17) is 9.47 Å². The summed E-state index contributed by atoms with van der Waals surface area (Å²) in [5.41, 5.74) is -0.462. The number of esters is 1. The van der Waals surface area contributed by atoms with Crippen molar-refractivity contribution in [2.45, 2.75) is 39.6 Å². The Labute approximate surface area is 151 Å². The summed E-state index contributed by atoms with van der Waals surface area (Å²) in [6, 6.07) is 4.54. The van der Waals surface area contributed by atoms with Crippen molar-refractivity contribution in [2.24, 2.45) is 0 Å². The van der Waals surface area contributed by atoms with Crippen LogP contribution in [0.4, 0.5) is 10.5 Å². The van der Waals surface area contributed by atoms with E-state index in [0.29, 0.717) is 11.7 Å². The van der Waals surface area contributed by atoms with Gasteiger partial charge in [0.2, 0.25) is 0 Å². The van der Waals surface area contributed by atoms with Crippen LogP contribution >= 0.6 is 0 Å². The summed E-state index contributed by atoms with van der Waals surface area (Å²) < 4.78 is 11.3. The normalized spacial score (nSPS) is 11.4. The van der Waals surface area contributed by atoms with Gasteiger partial charge in [-0.1, -0.05) is 6.32 Å². The zero-order valence-electron chi connectivity index (χ0n) is 15.5. The van der Waals surface area contributed by atoms with Gasteiger partial charge in [0.15, 0.2) is 0 Å². The summed E-state index contributed by atoms with van der Waals surface area (Å²) in [5.74, 6) is -0.748. The summed E-state index contributed by atoms with van der Waals surface area (Å²) in [6.45, 7) is 6.76. The number of carbonyl (C=O) groups excluding carboxylic acids is 2. The molecular formula is C17H21BN2O6. The lowest BCUT2D eigenvalue weighted by Gasteiger charge is -2.20. The second kappa shape index (κ2) is 7.19. The molecule has 0 radical (unpaired) electrons. The van der Waals surface area contributed by atoms with E-state index in [2.05, 4.69) is 0 Å². The molecule has 2 rings (SSSR count). The largest absolute Gasteiger partial charge is 0.461 e. The zero-order valence-corrected chi connectivity index (χ0v) is 15.5. The Morgan fingerprint density at radius 2 is 1.92 bits per heavy atom. The maximum Gasteiger partial charge on any atom is 0.419 e. The molecule has 8 nitrogen and oxygen atoms in total. The standard InChI is InChI=1S/C17H21BN2O6/c1-5-25-15(21)13-8-11-6-10(9-18)7-12(20(23)24)14(11)19(13)16(22)26-17(2,3)4/h6-8H,5,9,18H2,1-4H3. The van der Waals surface area contributed by atoms with Gasteiger partial charge in [-0.15, -0.1) is 0 Å². The van der Waals surface area contributed by atoms with Crippen LogP contribution in [-0.2, 0) is 15.8 Å². The molecule has 26 heavy (non-hydrogen) atoms. The maximum atomic E-state index is 12.7. The number of aromatic nitrogens is 1. The Morgan fingerprint density at radius 3 is 2.42 bits per heavy atom. The van der Waals surface area contributed by atoms with Crippen LogP contribution < -0.4 is 0 Å². The lowest BCUT2D eigenvalue weighted by molar-refractivity contribution is -0.383. The highest BCUT2D eigenvalue weighted by molar-refractivity contribution is 6.09. The number of rotatable bonds is 4. The summed E-state index contributed by atoms with van der Waals surface area (Å²) in [7, 11) is 1.86. The number of hydrogen-bond donors (Lipinski definition) is 0. The minimum Gasteiger partial charge on any atom is -0.461 e. The molecule has 0 saturated heterocycles. The predicted octanol–water partition coefficient (Wildman–Crippen LogP) is 2.64. The zero-order chi connectivity index (χ0) is 19.6. The van der Waals surface area contributed by atoms with E-state index in [9.17, 15) is 19.7 Å². The highest BCUT2D eigenvalue weighted by atomic mass is 16.6. The van der Waals surface area contributed by atoms with Gasteiger partial charge in [0.05, 0.1) is 11.5 Å². The molecule has 0 amide bonds. The van der Waals surface area contributed by atoms with Crippen LogP contribution in [0.1, 0.15) is 43.7 Å². The van der Waals surface area contributed by atoms with Crippen LogP contribution in [0.3, 0.4) is 0 Å². The molecule has 1 heterocycles. The number of fused-ring (bicyclic) bond motifs is 1. The molecular weight excluding hydrogens is 339 g/mol. The van der Waals surface area contributed by atoms with E-state index in [1.165, 1.54) is 12.1 Å². The molecule has 0 aliphatic heterocycles. The molecule has 0 aliphatic rings. The van der Waals surface area contributed by atoms with Crippen molar-refractivity contribution in [1.29, 1.82) is 0 Å². The SMILES string of the molecule is BCc1cc([N+](=O)[O-])c2c(c1)cc(C(=O)OCC)n2C(=O)OC(C)(C)C. The Hall–Kier alpha value is -2.84. The average Bonchev–Trinajstić information content (AvgIpc) is 2.91. The number of ether oxygens (including phenoxy) is 2. The highest BCUT2D eigenvalue weighted by Crippen LogP contribution is 2.32. The molecule has 0 N–H and O–H groups in total. The van der Waals surface area contributed by atoms with Crippen LogP contribution in [0.2, 0.25) is 0 Å². The fourth-order valence-corrected chi connectivity index (χ4v) is 2.58. The maximum absolute atomic E-state index is 12.7. The average molecular weight is 360 g/mol. The van der Waals surface area contributed by atoms with Gasteiger partial charge in [-0.2, -0.15) is 0 Å². The van der Waals surface area contributed by atoms with Gasteiger partial charge in [0, 0.05) is 11.5 Å². The number of nitro benzene ring substituents is 1. The number of non-ortho nitro benzene ring substituents is 1. The molecule has 0 fully saturated rings. The molecule has 1 aromatic carbocycles. The Morgan fingerprint density at radius 1 is 1.27 bits per heavy atom. The first-order chi connectivity index (χ1) is 12.1. The van der Waals surface area contributed by atoms with E-state index in [0.717, 1.165) is 10.1 Å². The number of carbonyl (C=O) groups is 2. The quantitative estimate of drug-likeness (QED) is 0.360. The lowest BCUT2D eigenvalue weighted by atomic mass is 9.95. The van der Waals surface area contributed by atoms with Crippen molar-refractivity contribution in [2.75, 3.05) is 6.61 Å². The molecule has 0 bridgehead atoms. The molecule has 1 aromatic heterocycles. The summed E-state index contributed by atoms with van der Waals surface area (Å²) in [4.78, 5) is 36.0. The van der Waals surface area contributed by atoms with Crippen LogP contribution in [0.15, 0.2) is 18.2 Å². The molecule has 0 saturated carbocycles. The van der Waals surface area contributed by atoms with Crippen molar-refractivity contribution in [3.63, 3.8) is 0 Å². The molecule has 0 spiro atoms. The van der Waals surface area contributed by atoms with E-state index < -0.39 is 22.6 Å². The molecule has 0 aliphatic carbocycles. The van der Waals surface area contributed by atoms with Crippen LogP contribution in [0.25, 0.3) is 10.9 Å². The fraction of sp³-hybridized carbons (Fsp3) is 0.412. The molecule has 9 heteroatoms. The monoisotopic (exact) mass is 360 g/mol. The minimum absolute atomic E-state index is 0.0181. The van der Waals surface area contributed by atoms with Gasteiger partial charge >= 0.3 is 12.1 Å². The smallest absolute Gasteiger partial charge is 0.419 e. The topological polar surface area (TPSA) is 101 Å². The number of benzene rings is 1. The first kappa shape index (κ1) is 19.5. The molecule has 2 aromatic rings. The predicted molar refractivity (Wildman–Crippen MR) is 98.4 cm³/mol. The lowest BCUT2D eigenvalue weighted by Crippen LogP contribution is -2.29.